The van der Waals surface area contributed by atoms with Crippen LogP contribution in [0, 0.1) is 11.8 Å². The monoisotopic (exact) mass is 293 g/mol. The maximum absolute atomic E-state index is 6.03. The lowest BCUT2D eigenvalue weighted by Crippen LogP contribution is -2.25. The van der Waals surface area contributed by atoms with Gasteiger partial charge in [-0.15, -0.1) is 22.9 Å². The van der Waals surface area contributed by atoms with Crippen molar-refractivity contribution in [1.29, 1.82) is 0 Å². The molecule has 1 aromatic carbocycles. The van der Waals surface area contributed by atoms with Gasteiger partial charge < -0.3 is 5.32 Å². The molecule has 2 unspecified atom stereocenters. The molecule has 2 aromatic rings. The van der Waals surface area contributed by atoms with Gasteiger partial charge in [-0.25, -0.2) is 0 Å². The van der Waals surface area contributed by atoms with Crippen LogP contribution in [0.1, 0.15) is 24.8 Å². The van der Waals surface area contributed by atoms with Crippen molar-refractivity contribution in [3.05, 3.63) is 35.2 Å². The molecular weight excluding hydrogens is 274 g/mol. The number of alkyl halides is 1. The second-order valence-electron chi connectivity index (χ2n) is 5.49. The smallest absolute Gasteiger partial charge is 0.0346 e. The summed E-state index contributed by atoms with van der Waals surface area (Å²) < 4.78 is 1.39. The Kier molecular flexibility index (Phi) is 4.42. The van der Waals surface area contributed by atoms with Crippen molar-refractivity contribution in [3.63, 3.8) is 0 Å². The van der Waals surface area contributed by atoms with Crippen LogP contribution in [-0.4, -0.2) is 12.4 Å². The first-order valence-electron chi connectivity index (χ1n) is 7.10. The summed E-state index contributed by atoms with van der Waals surface area (Å²) in [6.07, 6.45) is 4.01. The Morgan fingerprint density at radius 3 is 2.95 bits per heavy atom. The summed E-state index contributed by atoms with van der Waals surface area (Å²) >= 11 is 7.87. The number of benzene rings is 1. The van der Waals surface area contributed by atoms with Gasteiger partial charge in [0.25, 0.3) is 0 Å². The van der Waals surface area contributed by atoms with Gasteiger partial charge in [-0.05, 0) is 53.6 Å². The van der Waals surface area contributed by atoms with E-state index in [-0.39, 0.29) is 0 Å². The number of fused-ring (bicyclic) bond motifs is 1. The van der Waals surface area contributed by atoms with Crippen molar-refractivity contribution in [3.8, 4) is 0 Å². The summed E-state index contributed by atoms with van der Waals surface area (Å²) in [5.74, 6) is 2.34. The molecule has 1 saturated carbocycles. The van der Waals surface area contributed by atoms with E-state index in [0.29, 0.717) is 0 Å². The van der Waals surface area contributed by atoms with Crippen LogP contribution in [0.2, 0.25) is 0 Å². The van der Waals surface area contributed by atoms with Gasteiger partial charge in [0.05, 0.1) is 0 Å². The lowest BCUT2D eigenvalue weighted by atomic mass is 9.98. The number of hydrogen-bond acceptors (Lipinski definition) is 2. The maximum Gasteiger partial charge on any atom is 0.0346 e. The number of rotatable bonds is 5. The normalized spacial score (nSPS) is 23.2. The minimum Gasteiger partial charge on any atom is -0.312 e. The van der Waals surface area contributed by atoms with Crippen LogP contribution < -0.4 is 5.32 Å². The Morgan fingerprint density at radius 1 is 1.21 bits per heavy atom. The van der Waals surface area contributed by atoms with Gasteiger partial charge in [-0.1, -0.05) is 24.6 Å². The number of hydrogen-bond donors (Lipinski definition) is 1. The van der Waals surface area contributed by atoms with Gasteiger partial charge in [0, 0.05) is 17.1 Å². The highest BCUT2D eigenvalue weighted by Crippen LogP contribution is 2.32. The average Bonchev–Trinajstić information content (AvgIpc) is 3.06. The standard InChI is InChI=1S/C16H20ClNS/c17-8-12-4-3-5-13(12)9-18-10-14-11-19-16-7-2-1-6-15(14)16/h1-2,6-7,11-13,18H,3-5,8-10H2. The molecule has 1 aromatic heterocycles. The Morgan fingerprint density at radius 2 is 2.05 bits per heavy atom. The van der Waals surface area contributed by atoms with Crippen molar-refractivity contribution in [2.24, 2.45) is 11.8 Å². The van der Waals surface area contributed by atoms with Crippen LogP contribution in [0.5, 0.6) is 0 Å². The quantitative estimate of drug-likeness (QED) is 0.792. The van der Waals surface area contributed by atoms with Crippen molar-refractivity contribution in [2.45, 2.75) is 25.8 Å². The lowest BCUT2D eigenvalue weighted by molar-refractivity contribution is 0.396. The third-order valence-electron chi connectivity index (χ3n) is 4.30. The topological polar surface area (TPSA) is 12.0 Å². The van der Waals surface area contributed by atoms with Crippen molar-refractivity contribution >= 4 is 33.0 Å². The van der Waals surface area contributed by atoms with E-state index in [1.54, 1.807) is 0 Å². The second kappa shape index (κ2) is 6.25. The Bertz CT molecular complexity index is 536. The Hall–Kier alpha value is -0.570. The fraction of sp³-hybridized carbons (Fsp3) is 0.500. The molecule has 1 fully saturated rings. The van der Waals surface area contributed by atoms with E-state index in [1.165, 1.54) is 34.9 Å². The van der Waals surface area contributed by atoms with Gasteiger partial charge in [-0.2, -0.15) is 0 Å². The molecule has 2 atom stereocenters. The first-order chi connectivity index (χ1) is 9.38. The fourth-order valence-corrected chi connectivity index (χ4v) is 4.52. The molecule has 1 N–H and O–H groups in total. The zero-order valence-corrected chi connectivity index (χ0v) is 12.6. The summed E-state index contributed by atoms with van der Waals surface area (Å²) in [4.78, 5) is 0. The molecular formula is C16H20ClNS. The van der Waals surface area contributed by atoms with E-state index < -0.39 is 0 Å². The molecule has 3 heteroatoms. The molecule has 1 aliphatic carbocycles. The minimum atomic E-state index is 0.730. The third-order valence-corrected chi connectivity index (χ3v) is 5.71. The highest BCUT2D eigenvalue weighted by atomic mass is 35.5. The minimum absolute atomic E-state index is 0.730. The van der Waals surface area contributed by atoms with E-state index in [0.717, 1.165) is 30.8 Å². The molecule has 0 aliphatic heterocycles. The van der Waals surface area contributed by atoms with Crippen LogP contribution in [0.15, 0.2) is 29.6 Å². The molecule has 1 heterocycles. The SMILES string of the molecule is ClCC1CCCC1CNCc1csc2ccccc12. The average molecular weight is 294 g/mol. The van der Waals surface area contributed by atoms with Crippen LogP contribution in [0.25, 0.3) is 10.1 Å². The summed E-state index contributed by atoms with van der Waals surface area (Å²) in [6, 6.07) is 8.66. The zero-order chi connectivity index (χ0) is 13.1. The van der Waals surface area contributed by atoms with Gasteiger partial charge in [0.1, 0.15) is 0 Å². The van der Waals surface area contributed by atoms with Crippen molar-refractivity contribution in [1.82, 2.24) is 5.32 Å². The predicted octanol–water partition coefficient (Wildman–Crippen LogP) is 4.65. The maximum atomic E-state index is 6.03. The summed E-state index contributed by atoms with van der Waals surface area (Å²) in [5, 5.41) is 7.32. The molecule has 1 nitrogen and oxygen atoms in total. The predicted molar refractivity (Wildman–Crippen MR) is 85.1 cm³/mol. The van der Waals surface area contributed by atoms with Gasteiger partial charge in [-0.3, -0.25) is 0 Å². The van der Waals surface area contributed by atoms with Crippen LogP contribution in [0.4, 0.5) is 0 Å². The molecule has 0 saturated heterocycles. The largest absolute Gasteiger partial charge is 0.312 e. The Labute approximate surface area is 124 Å². The van der Waals surface area contributed by atoms with Crippen LogP contribution >= 0.6 is 22.9 Å². The van der Waals surface area contributed by atoms with E-state index in [4.69, 9.17) is 11.6 Å². The molecule has 3 rings (SSSR count). The Balaban J connectivity index is 1.57. The first kappa shape index (κ1) is 13.4. The van der Waals surface area contributed by atoms with Crippen molar-refractivity contribution < 1.29 is 0 Å². The second-order valence-corrected chi connectivity index (χ2v) is 6.71. The van der Waals surface area contributed by atoms with Gasteiger partial charge in [0.15, 0.2) is 0 Å². The molecule has 1 aliphatic rings. The first-order valence-corrected chi connectivity index (χ1v) is 8.51. The van der Waals surface area contributed by atoms with E-state index >= 15 is 0 Å². The highest BCUT2D eigenvalue weighted by Gasteiger charge is 2.25. The van der Waals surface area contributed by atoms with E-state index in [2.05, 4.69) is 35.0 Å². The van der Waals surface area contributed by atoms with Crippen LogP contribution in [0.3, 0.4) is 0 Å². The van der Waals surface area contributed by atoms with Gasteiger partial charge >= 0.3 is 0 Å². The highest BCUT2D eigenvalue weighted by molar-refractivity contribution is 7.17. The van der Waals surface area contributed by atoms with Crippen LogP contribution in [-0.2, 0) is 6.54 Å². The molecule has 19 heavy (non-hydrogen) atoms. The summed E-state index contributed by atoms with van der Waals surface area (Å²) in [7, 11) is 0. The molecule has 102 valence electrons. The molecule has 0 radical (unpaired) electrons. The summed E-state index contributed by atoms with van der Waals surface area (Å²) in [6.45, 7) is 2.09. The molecule has 0 amide bonds. The van der Waals surface area contributed by atoms with E-state index in [9.17, 15) is 0 Å². The molecule has 0 bridgehead atoms. The van der Waals surface area contributed by atoms with Gasteiger partial charge in [0.2, 0.25) is 0 Å². The number of thiophene rings is 1. The van der Waals surface area contributed by atoms with E-state index in [1.807, 2.05) is 11.3 Å². The lowest BCUT2D eigenvalue weighted by Gasteiger charge is -2.17. The third kappa shape index (κ3) is 2.96. The molecule has 0 spiro atoms. The fourth-order valence-electron chi connectivity index (χ4n) is 3.15. The van der Waals surface area contributed by atoms with Crippen molar-refractivity contribution in [2.75, 3.05) is 12.4 Å². The zero-order valence-electron chi connectivity index (χ0n) is 11.1. The number of nitrogens with one attached hydrogen (secondary N) is 1. The number of halogens is 1. The summed E-state index contributed by atoms with van der Waals surface area (Å²) in [5.41, 5.74) is 1.43.